The standard InChI is InChI=1S/C12H20O2/c1-8-6-11(7-14-10(3)13)12(4,5)9(8)2/h6,9,11H,7H2,1-5H3. The Morgan fingerprint density at radius 1 is 1.57 bits per heavy atom. The molecule has 0 aromatic heterocycles. The molecule has 0 saturated carbocycles. The minimum Gasteiger partial charge on any atom is -0.465 e. The maximum atomic E-state index is 10.7. The number of ether oxygens (including phenoxy) is 1. The van der Waals surface area contributed by atoms with Crippen molar-refractivity contribution < 1.29 is 9.53 Å². The van der Waals surface area contributed by atoms with Crippen molar-refractivity contribution in [3.63, 3.8) is 0 Å². The van der Waals surface area contributed by atoms with Crippen LogP contribution in [-0.2, 0) is 9.53 Å². The summed E-state index contributed by atoms with van der Waals surface area (Å²) in [5.41, 5.74) is 1.62. The number of allylic oxidation sites excluding steroid dienone is 1. The summed E-state index contributed by atoms with van der Waals surface area (Å²) < 4.78 is 5.07. The van der Waals surface area contributed by atoms with E-state index in [1.807, 2.05) is 0 Å². The van der Waals surface area contributed by atoms with E-state index in [4.69, 9.17) is 4.74 Å². The van der Waals surface area contributed by atoms with Crippen molar-refractivity contribution in [2.75, 3.05) is 6.61 Å². The lowest BCUT2D eigenvalue weighted by atomic mass is 9.74. The molecule has 2 heteroatoms. The van der Waals surface area contributed by atoms with E-state index in [2.05, 4.69) is 33.8 Å². The monoisotopic (exact) mass is 196 g/mol. The number of esters is 1. The Kier molecular flexibility index (Phi) is 3.03. The molecule has 2 atom stereocenters. The molecule has 0 saturated heterocycles. The molecule has 2 unspecified atom stereocenters. The second-order valence-corrected chi connectivity index (χ2v) is 4.86. The predicted molar refractivity (Wildman–Crippen MR) is 56.8 cm³/mol. The van der Waals surface area contributed by atoms with E-state index < -0.39 is 0 Å². The van der Waals surface area contributed by atoms with Crippen molar-refractivity contribution in [1.82, 2.24) is 0 Å². The van der Waals surface area contributed by atoms with Crippen LogP contribution >= 0.6 is 0 Å². The predicted octanol–water partition coefficient (Wildman–Crippen LogP) is 2.79. The van der Waals surface area contributed by atoms with Crippen LogP contribution in [0.2, 0.25) is 0 Å². The van der Waals surface area contributed by atoms with Crippen LogP contribution < -0.4 is 0 Å². The van der Waals surface area contributed by atoms with Crippen LogP contribution in [0.4, 0.5) is 0 Å². The average molecular weight is 196 g/mol. The van der Waals surface area contributed by atoms with Crippen molar-refractivity contribution in [2.24, 2.45) is 17.3 Å². The Bertz CT molecular complexity index is 263. The molecule has 1 aliphatic rings. The molecular weight excluding hydrogens is 176 g/mol. The maximum Gasteiger partial charge on any atom is 0.302 e. The van der Waals surface area contributed by atoms with Crippen LogP contribution in [0.3, 0.4) is 0 Å². The highest BCUT2D eigenvalue weighted by Crippen LogP contribution is 2.46. The highest BCUT2D eigenvalue weighted by atomic mass is 16.5. The fourth-order valence-electron chi connectivity index (χ4n) is 2.05. The first-order chi connectivity index (χ1) is 6.35. The number of carbonyl (C=O) groups is 1. The molecule has 0 fully saturated rings. The highest BCUT2D eigenvalue weighted by molar-refractivity contribution is 5.65. The molecule has 1 aliphatic carbocycles. The first-order valence-electron chi connectivity index (χ1n) is 5.17. The van der Waals surface area contributed by atoms with Crippen molar-refractivity contribution >= 4 is 5.97 Å². The van der Waals surface area contributed by atoms with Gasteiger partial charge in [-0.05, 0) is 18.3 Å². The van der Waals surface area contributed by atoms with Crippen LogP contribution in [-0.4, -0.2) is 12.6 Å². The molecule has 1 rings (SSSR count). The highest BCUT2D eigenvalue weighted by Gasteiger charge is 2.39. The molecule has 80 valence electrons. The molecule has 0 heterocycles. The quantitative estimate of drug-likeness (QED) is 0.501. The van der Waals surface area contributed by atoms with Gasteiger partial charge >= 0.3 is 5.97 Å². The van der Waals surface area contributed by atoms with Gasteiger partial charge in [0.25, 0.3) is 0 Å². The Balaban J connectivity index is 2.66. The minimum absolute atomic E-state index is 0.189. The third kappa shape index (κ3) is 1.99. The lowest BCUT2D eigenvalue weighted by Gasteiger charge is -2.31. The molecular formula is C12H20O2. The van der Waals surface area contributed by atoms with Gasteiger partial charge in [0.15, 0.2) is 0 Å². The van der Waals surface area contributed by atoms with Gasteiger partial charge in [-0.1, -0.05) is 32.4 Å². The van der Waals surface area contributed by atoms with Gasteiger partial charge in [0.05, 0.1) is 6.61 Å². The minimum atomic E-state index is -0.189. The molecule has 0 bridgehead atoms. The molecule has 2 nitrogen and oxygen atoms in total. The molecule has 0 spiro atoms. The molecule has 0 aliphatic heterocycles. The zero-order valence-electron chi connectivity index (χ0n) is 9.76. The van der Waals surface area contributed by atoms with Crippen molar-refractivity contribution in [1.29, 1.82) is 0 Å². The van der Waals surface area contributed by atoms with Gasteiger partial charge in [-0.2, -0.15) is 0 Å². The van der Waals surface area contributed by atoms with Crippen LogP contribution in [0.1, 0.15) is 34.6 Å². The third-order valence-corrected chi connectivity index (χ3v) is 3.68. The fourth-order valence-corrected chi connectivity index (χ4v) is 2.05. The average Bonchev–Trinajstić information content (AvgIpc) is 2.26. The van der Waals surface area contributed by atoms with Crippen LogP contribution in [0.25, 0.3) is 0 Å². The number of hydrogen-bond acceptors (Lipinski definition) is 2. The number of rotatable bonds is 2. The molecule has 0 amide bonds. The zero-order chi connectivity index (χ0) is 10.9. The Hall–Kier alpha value is -0.790. The summed E-state index contributed by atoms with van der Waals surface area (Å²) in [6.07, 6.45) is 2.24. The normalized spacial score (nSPS) is 29.9. The summed E-state index contributed by atoms with van der Waals surface area (Å²) in [4.78, 5) is 10.7. The summed E-state index contributed by atoms with van der Waals surface area (Å²) in [6, 6.07) is 0. The van der Waals surface area contributed by atoms with Gasteiger partial charge in [-0.3, -0.25) is 4.79 Å². The molecule has 14 heavy (non-hydrogen) atoms. The van der Waals surface area contributed by atoms with E-state index in [0.29, 0.717) is 18.4 Å². The number of carbonyl (C=O) groups excluding carboxylic acids is 1. The fraction of sp³-hybridized carbons (Fsp3) is 0.750. The maximum absolute atomic E-state index is 10.7. The third-order valence-electron chi connectivity index (χ3n) is 3.68. The largest absolute Gasteiger partial charge is 0.465 e. The van der Waals surface area contributed by atoms with Gasteiger partial charge in [0.1, 0.15) is 0 Å². The summed E-state index contributed by atoms with van der Waals surface area (Å²) in [6.45, 7) is 10.8. The first kappa shape index (κ1) is 11.3. The zero-order valence-corrected chi connectivity index (χ0v) is 9.76. The smallest absolute Gasteiger partial charge is 0.302 e. The van der Waals surface area contributed by atoms with Crippen molar-refractivity contribution in [3.8, 4) is 0 Å². The van der Waals surface area contributed by atoms with Crippen LogP contribution in [0.5, 0.6) is 0 Å². The summed E-state index contributed by atoms with van der Waals surface area (Å²) in [5.74, 6) is 0.746. The number of hydrogen-bond donors (Lipinski definition) is 0. The molecule has 0 N–H and O–H groups in total. The topological polar surface area (TPSA) is 26.3 Å². The van der Waals surface area contributed by atoms with E-state index in [9.17, 15) is 4.79 Å². The molecule has 0 aromatic carbocycles. The molecule has 0 aromatic rings. The van der Waals surface area contributed by atoms with Crippen molar-refractivity contribution in [3.05, 3.63) is 11.6 Å². The molecule has 0 radical (unpaired) electrons. The summed E-state index contributed by atoms with van der Waals surface area (Å²) in [7, 11) is 0. The Labute approximate surface area is 86.3 Å². The lowest BCUT2D eigenvalue weighted by molar-refractivity contribution is -0.142. The van der Waals surface area contributed by atoms with E-state index in [-0.39, 0.29) is 11.4 Å². The second kappa shape index (κ2) is 3.76. The van der Waals surface area contributed by atoms with E-state index >= 15 is 0 Å². The summed E-state index contributed by atoms with van der Waals surface area (Å²) in [5, 5.41) is 0. The van der Waals surface area contributed by atoms with Crippen LogP contribution in [0.15, 0.2) is 11.6 Å². The Morgan fingerprint density at radius 3 is 2.50 bits per heavy atom. The van der Waals surface area contributed by atoms with Gasteiger partial charge in [0, 0.05) is 12.8 Å². The summed E-state index contributed by atoms with van der Waals surface area (Å²) >= 11 is 0. The van der Waals surface area contributed by atoms with Gasteiger partial charge in [-0.25, -0.2) is 0 Å². The lowest BCUT2D eigenvalue weighted by Crippen LogP contribution is -2.28. The van der Waals surface area contributed by atoms with Crippen molar-refractivity contribution in [2.45, 2.75) is 34.6 Å². The first-order valence-corrected chi connectivity index (χ1v) is 5.17. The van der Waals surface area contributed by atoms with Gasteiger partial charge < -0.3 is 4.74 Å². The van der Waals surface area contributed by atoms with Crippen LogP contribution in [0, 0.1) is 17.3 Å². The Morgan fingerprint density at radius 2 is 2.14 bits per heavy atom. The van der Waals surface area contributed by atoms with E-state index in [0.717, 1.165) is 0 Å². The second-order valence-electron chi connectivity index (χ2n) is 4.86. The van der Waals surface area contributed by atoms with E-state index in [1.54, 1.807) is 0 Å². The van der Waals surface area contributed by atoms with E-state index in [1.165, 1.54) is 12.5 Å². The SMILES string of the molecule is CC(=O)OCC1C=C(C)C(C)C1(C)C. The van der Waals surface area contributed by atoms with Gasteiger partial charge in [0.2, 0.25) is 0 Å². The van der Waals surface area contributed by atoms with Gasteiger partial charge in [-0.15, -0.1) is 0 Å².